The van der Waals surface area contributed by atoms with E-state index in [9.17, 15) is 13.7 Å². The van der Waals surface area contributed by atoms with E-state index in [2.05, 4.69) is 4.40 Å². The molecule has 1 aromatic carbocycles. The molecule has 1 aromatic heterocycles. The zero-order valence-electron chi connectivity index (χ0n) is 17.8. The highest BCUT2D eigenvalue weighted by Gasteiger charge is 2.28. The Balaban J connectivity index is 2.28. The molecule has 1 aliphatic rings. The quantitative estimate of drug-likeness (QED) is 0.561. The molecule has 0 aliphatic carbocycles. The highest BCUT2D eigenvalue weighted by atomic mass is 32.2. The van der Waals surface area contributed by atoms with Gasteiger partial charge in [0.05, 0.1) is 11.2 Å². The van der Waals surface area contributed by atoms with E-state index in [-0.39, 0.29) is 16.8 Å². The second kappa shape index (κ2) is 8.16. The molecule has 0 N–H and O–H groups in total. The Morgan fingerprint density at radius 3 is 2.59 bits per heavy atom. The predicted molar refractivity (Wildman–Crippen MR) is 115 cm³/mol. The zero-order chi connectivity index (χ0) is 21.5. The molecule has 1 aliphatic heterocycles. The first-order valence-corrected chi connectivity index (χ1v) is 10.9. The van der Waals surface area contributed by atoms with E-state index in [1.165, 1.54) is 4.57 Å². The Morgan fingerprint density at radius 1 is 1.38 bits per heavy atom. The van der Waals surface area contributed by atoms with Gasteiger partial charge in [-0.15, -0.1) is 0 Å². The molecule has 1 fully saturated rings. The van der Waals surface area contributed by atoms with Gasteiger partial charge in [-0.3, -0.25) is 9.36 Å². The van der Waals surface area contributed by atoms with Crippen molar-refractivity contribution in [2.45, 2.75) is 58.1 Å². The second-order valence-electron chi connectivity index (χ2n) is 8.54. The molecule has 29 heavy (non-hydrogen) atoms. The molecule has 1 atom stereocenters. The third-order valence-corrected chi connectivity index (χ3v) is 6.71. The molecule has 8 heteroatoms. The van der Waals surface area contributed by atoms with Crippen molar-refractivity contribution in [1.29, 1.82) is 0 Å². The maximum absolute atomic E-state index is 14.9. The van der Waals surface area contributed by atoms with Gasteiger partial charge in [0.1, 0.15) is 33.1 Å². The molecule has 3 rings (SSSR count). The Labute approximate surface area is 173 Å². The Kier molecular flexibility index (Phi) is 6.17. The van der Waals surface area contributed by atoms with Crippen LogP contribution in [0.1, 0.15) is 63.4 Å². The molecular weight excluding hydrogens is 393 g/mol. The number of ether oxygens (including phenoxy) is 1. The van der Waals surface area contributed by atoms with Crippen LogP contribution in [0.25, 0.3) is 10.9 Å². The van der Waals surface area contributed by atoms with Crippen molar-refractivity contribution < 1.29 is 13.7 Å². The summed E-state index contributed by atoms with van der Waals surface area (Å²) >= 11 is -1.48. The van der Waals surface area contributed by atoms with Crippen molar-refractivity contribution in [2.75, 3.05) is 13.2 Å². The number of halogens is 1. The molecule has 6 nitrogen and oxygen atoms in total. The molecule has 158 valence electrons. The summed E-state index contributed by atoms with van der Waals surface area (Å²) in [5.74, 6) is 0.129. The maximum Gasteiger partial charge on any atom is 0.264 e. The number of fused-ring (bicyclic) bond motifs is 1. The standard InChI is InChI=1S/C21H28FN3O3S/c1-12-11-15(13(2)24-29(27)21(3,4)5)18-16(17(12)22)20(26)25(6)19(23-18)14-7-9-28-10-8-14/h11,14H,7-10H2,1-6H3/b24-13+/t29-/m1/s1. The average molecular weight is 422 g/mol. The summed E-state index contributed by atoms with van der Waals surface area (Å²) in [6, 6.07) is 1.64. The minimum atomic E-state index is -1.48. The van der Waals surface area contributed by atoms with Crippen molar-refractivity contribution in [3.8, 4) is 0 Å². The van der Waals surface area contributed by atoms with Gasteiger partial charge in [0, 0.05) is 31.7 Å². The van der Waals surface area contributed by atoms with Crippen molar-refractivity contribution >= 4 is 28.0 Å². The largest absolute Gasteiger partial charge is 0.591 e. The summed E-state index contributed by atoms with van der Waals surface area (Å²) in [6.45, 7) is 10.1. The van der Waals surface area contributed by atoms with E-state index in [0.29, 0.717) is 35.9 Å². The lowest BCUT2D eigenvalue weighted by Crippen LogP contribution is -2.29. The monoisotopic (exact) mass is 421 g/mol. The molecule has 0 unspecified atom stereocenters. The van der Waals surface area contributed by atoms with Gasteiger partial charge in [-0.05, 0) is 59.1 Å². The first-order valence-electron chi connectivity index (χ1n) is 9.77. The average Bonchev–Trinajstić information content (AvgIpc) is 2.66. The van der Waals surface area contributed by atoms with E-state index in [0.717, 1.165) is 12.8 Å². The van der Waals surface area contributed by atoms with Crippen molar-refractivity contribution in [2.24, 2.45) is 11.4 Å². The van der Waals surface area contributed by atoms with E-state index >= 15 is 0 Å². The zero-order valence-corrected chi connectivity index (χ0v) is 18.7. The highest BCUT2D eigenvalue weighted by molar-refractivity contribution is 7.91. The van der Waals surface area contributed by atoms with Gasteiger partial charge in [-0.1, -0.05) is 4.40 Å². The fourth-order valence-corrected chi connectivity index (χ4v) is 4.08. The van der Waals surface area contributed by atoms with Crippen LogP contribution in [-0.4, -0.2) is 37.8 Å². The Morgan fingerprint density at radius 2 is 2.00 bits per heavy atom. The van der Waals surface area contributed by atoms with Crippen molar-refractivity contribution in [3.63, 3.8) is 0 Å². The molecule has 2 aromatic rings. The number of rotatable bonds is 3. The number of aromatic nitrogens is 2. The summed E-state index contributed by atoms with van der Waals surface area (Å²) in [7, 11) is 1.64. The van der Waals surface area contributed by atoms with Crippen LogP contribution in [0.3, 0.4) is 0 Å². The van der Waals surface area contributed by atoms with Gasteiger partial charge in [0.25, 0.3) is 5.56 Å². The smallest absolute Gasteiger partial charge is 0.264 e. The van der Waals surface area contributed by atoms with Gasteiger partial charge in [0.15, 0.2) is 0 Å². The van der Waals surface area contributed by atoms with Crippen LogP contribution in [0.15, 0.2) is 15.3 Å². The number of benzene rings is 1. The number of aryl methyl sites for hydroxylation is 1. The molecule has 0 saturated carbocycles. The van der Waals surface area contributed by atoms with Crippen LogP contribution in [0.2, 0.25) is 0 Å². The van der Waals surface area contributed by atoms with Crippen LogP contribution < -0.4 is 5.56 Å². The maximum atomic E-state index is 14.9. The lowest BCUT2D eigenvalue weighted by Gasteiger charge is -2.24. The van der Waals surface area contributed by atoms with E-state index in [4.69, 9.17) is 9.72 Å². The molecule has 0 bridgehead atoms. The van der Waals surface area contributed by atoms with Crippen LogP contribution in [0.4, 0.5) is 4.39 Å². The lowest BCUT2D eigenvalue weighted by atomic mass is 9.97. The highest BCUT2D eigenvalue weighted by Crippen LogP contribution is 2.29. The number of nitrogens with zero attached hydrogens (tertiary/aromatic N) is 3. The first-order chi connectivity index (χ1) is 13.5. The van der Waals surface area contributed by atoms with Crippen molar-refractivity contribution in [1.82, 2.24) is 9.55 Å². The molecule has 0 amide bonds. The van der Waals surface area contributed by atoms with Crippen LogP contribution >= 0.6 is 0 Å². The summed E-state index contributed by atoms with van der Waals surface area (Å²) in [5.41, 5.74) is 1.22. The van der Waals surface area contributed by atoms with Gasteiger partial charge < -0.3 is 9.29 Å². The van der Waals surface area contributed by atoms with Gasteiger partial charge >= 0.3 is 0 Å². The van der Waals surface area contributed by atoms with Crippen LogP contribution in [0, 0.1) is 12.7 Å². The molecule has 0 spiro atoms. The normalized spacial score (nSPS) is 17.7. The second-order valence-corrected chi connectivity index (χ2v) is 10.4. The lowest BCUT2D eigenvalue weighted by molar-refractivity contribution is 0.0828. The van der Waals surface area contributed by atoms with E-state index in [1.54, 1.807) is 27.0 Å². The minimum Gasteiger partial charge on any atom is -0.591 e. The minimum absolute atomic E-state index is 0.0469. The summed E-state index contributed by atoms with van der Waals surface area (Å²) in [5, 5.41) is -0.0469. The SMILES string of the molecule is C/C(=N\[S@+]([O-])C(C)(C)C)c1cc(C)c(F)c2c(=O)n(C)c(C3CCOCC3)nc12. The molecule has 0 radical (unpaired) electrons. The van der Waals surface area contributed by atoms with E-state index < -0.39 is 27.5 Å². The van der Waals surface area contributed by atoms with Gasteiger partial charge in [-0.25, -0.2) is 9.37 Å². The number of hydrogen-bond donors (Lipinski definition) is 0. The predicted octanol–water partition coefficient (Wildman–Crippen LogP) is 3.55. The van der Waals surface area contributed by atoms with Gasteiger partial charge in [0.2, 0.25) is 0 Å². The third-order valence-electron chi connectivity index (χ3n) is 5.23. The molecule has 2 heterocycles. The fraction of sp³-hybridized carbons (Fsp3) is 0.571. The Bertz CT molecular complexity index is 1020. The summed E-state index contributed by atoms with van der Waals surface area (Å²) < 4.78 is 38.1. The van der Waals surface area contributed by atoms with E-state index in [1.807, 2.05) is 20.8 Å². The van der Waals surface area contributed by atoms with Crippen molar-refractivity contribution in [3.05, 3.63) is 39.2 Å². The third kappa shape index (κ3) is 4.25. The topological polar surface area (TPSA) is 79.5 Å². The van der Waals surface area contributed by atoms with Crippen LogP contribution in [-0.2, 0) is 23.1 Å². The van der Waals surface area contributed by atoms with Gasteiger partial charge in [-0.2, -0.15) is 0 Å². The molecular formula is C21H28FN3O3S. The first kappa shape index (κ1) is 21.9. The summed E-state index contributed by atoms with van der Waals surface area (Å²) in [4.78, 5) is 17.8. The number of hydrogen-bond acceptors (Lipinski definition) is 5. The summed E-state index contributed by atoms with van der Waals surface area (Å²) in [6.07, 6.45) is 1.52. The Hall–Kier alpha value is -1.77. The fourth-order valence-electron chi connectivity index (χ4n) is 3.46. The molecule has 1 saturated heterocycles. The van der Waals surface area contributed by atoms with Crippen LogP contribution in [0.5, 0.6) is 0 Å².